The molecule has 1 aromatic rings. The maximum Gasteiger partial charge on any atom is 0.242 e. The number of rotatable bonds is 4. The number of benzene rings is 1. The van der Waals surface area contributed by atoms with Gasteiger partial charge < -0.3 is 10.6 Å². The molecule has 0 heterocycles. The number of carbonyl (C=O) groups is 1. The molecule has 1 rings (SSSR count). The van der Waals surface area contributed by atoms with Crippen molar-refractivity contribution in [2.24, 2.45) is 0 Å². The molecule has 1 atom stereocenters. The maximum atomic E-state index is 13.6. The lowest BCUT2D eigenvalue weighted by atomic mass is 10.2. The molecule has 0 aliphatic heterocycles. The van der Waals surface area contributed by atoms with Gasteiger partial charge in [-0.15, -0.1) is 0 Å². The lowest BCUT2D eigenvalue weighted by Crippen LogP contribution is -2.41. The fourth-order valence-corrected chi connectivity index (χ4v) is 1.50. The highest BCUT2D eigenvalue weighted by molar-refractivity contribution is 6.31. The summed E-state index contributed by atoms with van der Waals surface area (Å²) in [5, 5.41) is 5.56. The van der Waals surface area contributed by atoms with Crippen molar-refractivity contribution in [2.45, 2.75) is 32.9 Å². The summed E-state index contributed by atoms with van der Waals surface area (Å²) in [7, 11) is 0. The molecule has 3 nitrogen and oxygen atoms in total. The van der Waals surface area contributed by atoms with Crippen molar-refractivity contribution in [3.05, 3.63) is 29.0 Å². The lowest BCUT2D eigenvalue weighted by molar-refractivity contribution is -0.122. The zero-order chi connectivity index (χ0) is 13.0. The smallest absolute Gasteiger partial charge is 0.242 e. The molecule has 0 bridgehead atoms. The Hall–Kier alpha value is -1.29. The van der Waals surface area contributed by atoms with E-state index in [-0.39, 0.29) is 22.7 Å². The Bertz CT molecular complexity index is 409. The van der Waals surface area contributed by atoms with Crippen LogP contribution in [-0.4, -0.2) is 18.0 Å². The molecule has 0 saturated heterocycles. The topological polar surface area (TPSA) is 41.1 Å². The van der Waals surface area contributed by atoms with Crippen molar-refractivity contribution in [2.75, 3.05) is 5.32 Å². The van der Waals surface area contributed by atoms with Gasteiger partial charge >= 0.3 is 0 Å². The first-order valence-corrected chi connectivity index (χ1v) is 5.80. The summed E-state index contributed by atoms with van der Waals surface area (Å²) in [6.45, 7) is 5.40. The molecule has 94 valence electrons. The molecule has 1 aromatic carbocycles. The summed E-state index contributed by atoms with van der Waals surface area (Å²) in [4.78, 5) is 11.6. The van der Waals surface area contributed by atoms with Gasteiger partial charge in [0.05, 0.1) is 10.7 Å². The Kier molecular flexibility index (Phi) is 4.75. The van der Waals surface area contributed by atoms with E-state index in [0.717, 1.165) is 0 Å². The Morgan fingerprint density at radius 2 is 2.00 bits per heavy atom. The van der Waals surface area contributed by atoms with E-state index < -0.39 is 11.9 Å². The van der Waals surface area contributed by atoms with Crippen LogP contribution >= 0.6 is 11.6 Å². The highest BCUT2D eigenvalue weighted by Crippen LogP contribution is 2.22. The van der Waals surface area contributed by atoms with Gasteiger partial charge in [0.25, 0.3) is 0 Å². The maximum absolute atomic E-state index is 13.6. The first-order valence-electron chi connectivity index (χ1n) is 5.42. The molecule has 0 aromatic heterocycles. The molecular weight excluding hydrogens is 243 g/mol. The van der Waals surface area contributed by atoms with Crippen LogP contribution in [0.2, 0.25) is 5.02 Å². The number of amides is 1. The summed E-state index contributed by atoms with van der Waals surface area (Å²) in [6, 6.07) is 4.16. The summed E-state index contributed by atoms with van der Waals surface area (Å²) >= 11 is 5.65. The fraction of sp³-hybridized carbons (Fsp3) is 0.417. The first-order chi connectivity index (χ1) is 7.91. The fourth-order valence-electron chi connectivity index (χ4n) is 1.32. The second-order valence-electron chi connectivity index (χ2n) is 4.13. The largest absolute Gasteiger partial charge is 0.371 e. The van der Waals surface area contributed by atoms with Crippen molar-refractivity contribution in [1.29, 1.82) is 0 Å². The van der Waals surface area contributed by atoms with Gasteiger partial charge in [-0.3, -0.25) is 4.79 Å². The number of carbonyl (C=O) groups excluding carboxylic acids is 1. The third-order valence-electron chi connectivity index (χ3n) is 2.15. The Morgan fingerprint density at radius 3 is 2.59 bits per heavy atom. The summed E-state index contributed by atoms with van der Waals surface area (Å²) in [5.74, 6) is -0.724. The molecule has 0 aliphatic carbocycles. The molecule has 0 fully saturated rings. The first kappa shape index (κ1) is 13.8. The minimum atomic E-state index is -0.543. The van der Waals surface area contributed by atoms with Crippen molar-refractivity contribution in [3.8, 4) is 0 Å². The summed E-state index contributed by atoms with van der Waals surface area (Å²) in [5.41, 5.74) is 0.226. The molecule has 0 radical (unpaired) electrons. The van der Waals surface area contributed by atoms with Crippen LogP contribution in [-0.2, 0) is 4.79 Å². The number of hydrogen-bond donors (Lipinski definition) is 2. The van der Waals surface area contributed by atoms with Crippen LogP contribution in [0, 0.1) is 5.82 Å². The van der Waals surface area contributed by atoms with E-state index in [9.17, 15) is 9.18 Å². The van der Waals surface area contributed by atoms with Crippen LogP contribution in [0.3, 0.4) is 0 Å². The zero-order valence-corrected chi connectivity index (χ0v) is 10.8. The normalized spacial score (nSPS) is 12.4. The van der Waals surface area contributed by atoms with Crippen LogP contribution in [0.15, 0.2) is 18.2 Å². The highest BCUT2D eigenvalue weighted by atomic mass is 35.5. The van der Waals surface area contributed by atoms with Crippen LogP contribution < -0.4 is 10.6 Å². The molecule has 0 saturated carbocycles. The molecule has 1 amide bonds. The second-order valence-corrected chi connectivity index (χ2v) is 4.54. The molecule has 0 spiro atoms. The van der Waals surface area contributed by atoms with Crippen LogP contribution in [0.5, 0.6) is 0 Å². The van der Waals surface area contributed by atoms with Crippen LogP contribution in [0.25, 0.3) is 0 Å². The summed E-state index contributed by atoms with van der Waals surface area (Å²) in [6.07, 6.45) is 0. The molecule has 1 unspecified atom stereocenters. The Balaban J connectivity index is 2.71. The van der Waals surface area contributed by atoms with E-state index in [4.69, 9.17) is 11.6 Å². The molecule has 2 N–H and O–H groups in total. The highest BCUT2D eigenvalue weighted by Gasteiger charge is 2.15. The van der Waals surface area contributed by atoms with E-state index in [1.165, 1.54) is 6.07 Å². The third-order valence-corrected chi connectivity index (χ3v) is 2.44. The minimum Gasteiger partial charge on any atom is -0.371 e. The number of anilines is 1. The monoisotopic (exact) mass is 258 g/mol. The van der Waals surface area contributed by atoms with Crippen LogP contribution in [0.1, 0.15) is 20.8 Å². The van der Waals surface area contributed by atoms with Gasteiger partial charge in [-0.1, -0.05) is 17.7 Å². The molecular formula is C12H16ClFN2O. The Labute approximate surface area is 105 Å². The lowest BCUT2D eigenvalue weighted by Gasteiger charge is -2.17. The predicted octanol–water partition coefficient (Wildman–Crippen LogP) is 2.80. The van der Waals surface area contributed by atoms with Gasteiger partial charge in [-0.05, 0) is 32.9 Å². The number of halogens is 2. The van der Waals surface area contributed by atoms with Crippen LogP contribution in [0.4, 0.5) is 10.1 Å². The molecule has 5 heteroatoms. The SMILES string of the molecule is CC(C)NC(=O)C(C)Nc1cccc(Cl)c1F. The van der Waals surface area contributed by atoms with E-state index in [1.807, 2.05) is 13.8 Å². The van der Waals surface area contributed by atoms with Crippen molar-refractivity contribution in [1.82, 2.24) is 5.32 Å². The van der Waals surface area contributed by atoms with E-state index >= 15 is 0 Å². The van der Waals surface area contributed by atoms with E-state index in [0.29, 0.717) is 0 Å². The van der Waals surface area contributed by atoms with Gasteiger partial charge in [0.15, 0.2) is 5.82 Å². The second kappa shape index (κ2) is 5.87. The van der Waals surface area contributed by atoms with E-state index in [2.05, 4.69) is 10.6 Å². The van der Waals surface area contributed by atoms with Crippen molar-refractivity contribution < 1.29 is 9.18 Å². The average Bonchev–Trinajstić information content (AvgIpc) is 2.23. The van der Waals surface area contributed by atoms with Gasteiger partial charge in [-0.25, -0.2) is 4.39 Å². The summed E-state index contributed by atoms with van der Waals surface area (Å²) < 4.78 is 13.6. The predicted molar refractivity (Wildman–Crippen MR) is 67.8 cm³/mol. The van der Waals surface area contributed by atoms with E-state index in [1.54, 1.807) is 19.1 Å². The quantitative estimate of drug-likeness (QED) is 0.872. The minimum absolute atomic E-state index is 0.0338. The van der Waals surface area contributed by atoms with Gasteiger partial charge in [0.1, 0.15) is 6.04 Å². The van der Waals surface area contributed by atoms with Gasteiger partial charge in [0, 0.05) is 6.04 Å². The van der Waals surface area contributed by atoms with Gasteiger partial charge in [0.2, 0.25) is 5.91 Å². The molecule has 17 heavy (non-hydrogen) atoms. The van der Waals surface area contributed by atoms with Crippen molar-refractivity contribution in [3.63, 3.8) is 0 Å². The number of hydrogen-bond acceptors (Lipinski definition) is 2. The number of nitrogens with one attached hydrogen (secondary N) is 2. The third kappa shape index (κ3) is 3.89. The van der Waals surface area contributed by atoms with Gasteiger partial charge in [-0.2, -0.15) is 0 Å². The Morgan fingerprint density at radius 1 is 1.35 bits per heavy atom. The average molecular weight is 259 g/mol. The zero-order valence-electron chi connectivity index (χ0n) is 10.1. The standard InChI is InChI=1S/C12H16ClFN2O/c1-7(2)15-12(17)8(3)16-10-6-4-5-9(13)11(10)14/h4-8,16H,1-3H3,(H,15,17). The van der Waals surface area contributed by atoms with Crippen molar-refractivity contribution >= 4 is 23.2 Å². The molecule has 0 aliphatic rings.